The van der Waals surface area contributed by atoms with Gasteiger partial charge in [0.1, 0.15) is 12.9 Å². The van der Waals surface area contributed by atoms with Gasteiger partial charge >= 0.3 is 0 Å². The first-order valence-electron chi connectivity index (χ1n) is 9.79. The van der Waals surface area contributed by atoms with E-state index in [0.717, 1.165) is 36.4 Å². The van der Waals surface area contributed by atoms with Gasteiger partial charge in [-0.2, -0.15) is 0 Å². The van der Waals surface area contributed by atoms with E-state index in [0.29, 0.717) is 19.1 Å². The Hall–Kier alpha value is -2.21. The number of hydrogen-bond donors (Lipinski definition) is 1. The molecule has 0 fully saturated rings. The Kier molecular flexibility index (Phi) is 6.98. The van der Waals surface area contributed by atoms with Crippen molar-refractivity contribution in [2.75, 3.05) is 26.9 Å². The molecule has 6 nitrogen and oxygen atoms in total. The summed E-state index contributed by atoms with van der Waals surface area (Å²) in [5, 5.41) is 0. The maximum Gasteiger partial charge on any atom is 0.216 e. The van der Waals surface area contributed by atoms with Gasteiger partial charge in [-0.25, -0.2) is 4.99 Å². The zero-order chi connectivity index (χ0) is 19.0. The number of unbranched alkanes of at least 4 members (excludes halogenated alkanes) is 4. The van der Waals surface area contributed by atoms with Crippen molar-refractivity contribution in [3.63, 3.8) is 0 Å². The van der Waals surface area contributed by atoms with E-state index < -0.39 is 0 Å². The second kappa shape index (κ2) is 9.65. The van der Waals surface area contributed by atoms with E-state index in [1.165, 1.54) is 25.7 Å². The number of nitrogens with one attached hydrogen (secondary N) is 1. The number of nitrogens with zero attached hydrogens (tertiary/aromatic N) is 1. The summed E-state index contributed by atoms with van der Waals surface area (Å²) in [6.45, 7) is 4.23. The molecule has 1 N–H and O–H groups in total. The topological polar surface area (TPSA) is 61.3 Å². The molecule has 3 rings (SSSR count). The van der Waals surface area contributed by atoms with Gasteiger partial charge in [0.05, 0.1) is 25.8 Å². The van der Waals surface area contributed by atoms with Crippen molar-refractivity contribution < 1.29 is 19.0 Å². The van der Waals surface area contributed by atoms with E-state index in [4.69, 9.17) is 19.0 Å². The van der Waals surface area contributed by atoms with Gasteiger partial charge in [-0.1, -0.05) is 25.7 Å². The largest absolute Gasteiger partial charge is 0.493 e. The van der Waals surface area contributed by atoms with Crippen molar-refractivity contribution in [3.8, 4) is 11.5 Å². The molecule has 0 amide bonds. The monoisotopic (exact) mass is 374 g/mol. The number of benzene rings is 1. The molecule has 1 unspecified atom stereocenters. The molecule has 0 aliphatic carbocycles. The molecule has 1 aromatic carbocycles. The molecule has 2 heterocycles. The summed E-state index contributed by atoms with van der Waals surface area (Å²) in [6.07, 6.45) is 10.8. The van der Waals surface area contributed by atoms with Crippen molar-refractivity contribution in [1.29, 1.82) is 0 Å². The molecule has 0 aromatic heterocycles. The van der Waals surface area contributed by atoms with Crippen LogP contribution in [0.15, 0.2) is 35.5 Å². The number of ether oxygens (including phenoxy) is 3. The highest BCUT2D eigenvalue weighted by molar-refractivity contribution is 5.95. The van der Waals surface area contributed by atoms with E-state index in [1.54, 1.807) is 13.4 Å². The molecule has 1 aromatic rings. The maximum absolute atomic E-state index is 5.91. The molecule has 2 aliphatic heterocycles. The van der Waals surface area contributed by atoms with Crippen molar-refractivity contribution in [3.05, 3.63) is 36.1 Å². The van der Waals surface area contributed by atoms with Crippen LogP contribution in [0.2, 0.25) is 0 Å². The fourth-order valence-corrected chi connectivity index (χ4v) is 3.26. The van der Waals surface area contributed by atoms with Crippen molar-refractivity contribution >= 4 is 5.90 Å². The smallest absolute Gasteiger partial charge is 0.216 e. The van der Waals surface area contributed by atoms with Crippen LogP contribution in [-0.4, -0.2) is 38.3 Å². The summed E-state index contributed by atoms with van der Waals surface area (Å²) in [4.78, 5) is 9.43. The minimum atomic E-state index is 0.000923. The Labute approximate surface area is 161 Å². The molecule has 1 atom stereocenters. The van der Waals surface area contributed by atoms with Gasteiger partial charge < -0.3 is 19.0 Å². The third kappa shape index (κ3) is 5.63. The summed E-state index contributed by atoms with van der Waals surface area (Å²) in [5.74, 6) is 2.17. The average Bonchev–Trinajstić information content (AvgIpc) is 3.36. The first-order chi connectivity index (χ1) is 13.2. The quantitative estimate of drug-likeness (QED) is 0.593. The number of methoxy groups -OCH3 is 1. The van der Waals surface area contributed by atoms with Crippen molar-refractivity contribution in [2.24, 2.45) is 4.99 Å². The van der Waals surface area contributed by atoms with Crippen LogP contribution >= 0.6 is 0 Å². The van der Waals surface area contributed by atoms with E-state index in [2.05, 4.69) is 23.5 Å². The van der Waals surface area contributed by atoms with E-state index >= 15 is 0 Å². The minimum Gasteiger partial charge on any atom is -0.493 e. The van der Waals surface area contributed by atoms with Crippen LogP contribution in [0.1, 0.15) is 51.0 Å². The van der Waals surface area contributed by atoms with Crippen LogP contribution in [0.25, 0.3) is 0 Å². The lowest BCUT2D eigenvalue weighted by atomic mass is 9.95. The Morgan fingerprint density at radius 3 is 2.74 bits per heavy atom. The van der Waals surface area contributed by atoms with Gasteiger partial charge in [0.2, 0.25) is 5.90 Å². The summed E-state index contributed by atoms with van der Waals surface area (Å²) < 4.78 is 16.9. The third-order valence-corrected chi connectivity index (χ3v) is 4.89. The van der Waals surface area contributed by atoms with Crippen LogP contribution < -0.4 is 15.0 Å². The molecule has 6 heteroatoms. The highest BCUT2D eigenvalue weighted by atomic mass is 16.6. The Morgan fingerprint density at radius 1 is 1.15 bits per heavy atom. The highest BCUT2D eigenvalue weighted by Gasteiger charge is 2.24. The van der Waals surface area contributed by atoms with Gasteiger partial charge in [-0.3, -0.25) is 0 Å². The van der Waals surface area contributed by atoms with Crippen LogP contribution in [0.5, 0.6) is 11.5 Å². The first kappa shape index (κ1) is 19.5. The van der Waals surface area contributed by atoms with E-state index in [-0.39, 0.29) is 5.54 Å². The highest BCUT2D eigenvalue weighted by Crippen LogP contribution is 2.29. The van der Waals surface area contributed by atoms with Crippen LogP contribution in [0.3, 0.4) is 0 Å². The van der Waals surface area contributed by atoms with Crippen LogP contribution in [0, 0.1) is 0 Å². The first-order valence-corrected chi connectivity index (χ1v) is 9.79. The molecule has 27 heavy (non-hydrogen) atoms. The molecule has 0 spiro atoms. The third-order valence-electron chi connectivity index (χ3n) is 4.89. The number of aliphatic imine (C=N–C) groups is 1. The zero-order valence-corrected chi connectivity index (χ0v) is 16.3. The van der Waals surface area contributed by atoms with Gasteiger partial charge in [-0.15, -0.1) is 5.48 Å². The van der Waals surface area contributed by atoms with Gasteiger partial charge in [0.25, 0.3) is 0 Å². The fraction of sp³-hybridized carbons (Fsp3) is 0.571. The van der Waals surface area contributed by atoms with E-state index in [9.17, 15) is 0 Å². The van der Waals surface area contributed by atoms with Gasteiger partial charge in [0, 0.05) is 5.56 Å². The summed E-state index contributed by atoms with van der Waals surface area (Å²) in [7, 11) is 1.66. The molecule has 2 aliphatic rings. The number of rotatable bonds is 11. The van der Waals surface area contributed by atoms with E-state index in [1.807, 2.05) is 18.2 Å². The zero-order valence-electron chi connectivity index (χ0n) is 16.3. The lowest BCUT2D eigenvalue weighted by molar-refractivity contribution is 0.100. The van der Waals surface area contributed by atoms with Crippen LogP contribution in [0.4, 0.5) is 0 Å². The normalized spacial score (nSPS) is 20.9. The molecule has 0 saturated carbocycles. The molecule has 0 saturated heterocycles. The molecule has 148 valence electrons. The van der Waals surface area contributed by atoms with Crippen molar-refractivity contribution in [1.82, 2.24) is 5.48 Å². The molecule has 0 bridgehead atoms. The molecule has 0 radical (unpaired) electrons. The second-order valence-corrected chi connectivity index (χ2v) is 7.21. The minimum absolute atomic E-state index is 0.000923. The Morgan fingerprint density at radius 2 is 2.00 bits per heavy atom. The lowest BCUT2D eigenvalue weighted by Gasteiger charge is -2.20. The summed E-state index contributed by atoms with van der Waals surface area (Å²) >= 11 is 0. The van der Waals surface area contributed by atoms with Crippen LogP contribution in [-0.2, 0) is 9.57 Å². The Bertz CT molecular complexity index is 674. The molecular formula is C21H30N2O4. The number of hydroxylamine groups is 1. The Balaban J connectivity index is 1.32. The van der Waals surface area contributed by atoms with Crippen molar-refractivity contribution in [2.45, 2.75) is 51.0 Å². The van der Waals surface area contributed by atoms with Gasteiger partial charge in [-0.05, 0) is 44.0 Å². The molecular weight excluding hydrogens is 344 g/mol. The van der Waals surface area contributed by atoms with Gasteiger partial charge in [0.15, 0.2) is 11.5 Å². The SMILES string of the molecule is COc1cc(C2=NCCO2)ccc1OCCCCCCCC1(C)C=CON1. The maximum atomic E-state index is 5.91. The predicted molar refractivity (Wildman–Crippen MR) is 105 cm³/mol. The summed E-state index contributed by atoms with van der Waals surface area (Å²) in [6, 6.07) is 5.83. The summed E-state index contributed by atoms with van der Waals surface area (Å²) in [5.41, 5.74) is 3.97. The lowest BCUT2D eigenvalue weighted by Crippen LogP contribution is -2.35. The standard InChI is InChI=1S/C21H30N2O4/c1-21(11-14-27-23-21)10-6-4-3-5-7-13-25-18-9-8-17(16-19(18)24-2)20-22-12-15-26-20/h8-9,11,14,16,23H,3-7,10,12-13,15H2,1-2H3. The number of hydrogen-bond acceptors (Lipinski definition) is 6. The second-order valence-electron chi connectivity index (χ2n) is 7.21. The predicted octanol–water partition coefficient (Wildman–Crippen LogP) is 4.00. The average molecular weight is 374 g/mol. The fourth-order valence-electron chi connectivity index (χ4n) is 3.26.